The molecule has 13 heteroatoms. The molecular weight excluding hydrogens is 643 g/mol. The van der Waals surface area contributed by atoms with Crippen LogP contribution in [0.25, 0.3) is 0 Å². The smallest absolute Gasteiger partial charge is 0.413 e. The predicted octanol–water partition coefficient (Wildman–Crippen LogP) is 5.02. The SMILES string of the molecule is CC(C1=CC2C(=O)N(C(C(=O)NC3OC=CS3)c3ncn4c3CCC4)CC2C(C(F)(F)F)=C1)c1ccc(CN2CCC(CO)CC2)cc1. The minimum atomic E-state index is -4.65. The molecule has 2 amide bonds. The first-order valence-corrected chi connectivity index (χ1v) is 17.6. The highest BCUT2D eigenvalue weighted by molar-refractivity contribution is 8.02. The maximum absolute atomic E-state index is 14.7. The van der Waals surface area contributed by atoms with E-state index in [9.17, 15) is 27.9 Å². The Morgan fingerprint density at radius 3 is 2.65 bits per heavy atom. The summed E-state index contributed by atoms with van der Waals surface area (Å²) >= 11 is 1.25. The Morgan fingerprint density at radius 2 is 1.96 bits per heavy atom. The first kappa shape index (κ1) is 33.0. The summed E-state index contributed by atoms with van der Waals surface area (Å²) in [4.78, 5) is 36.1. The normalized spacial score (nSPS) is 25.7. The number of ether oxygens (including phenoxy) is 1. The number of hydrogen-bond acceptors (Lipinski definition) is 7. The van der Waals surface area contributed by atoms with Gasteiger partial charge in [0.05, 0.1) is 24.2 Å². The largest absolute Gasteiger partial charge is 0.468 e. The molecule has 0 bridgehead atoms. The summed E-state index contributed by atoms with van der Waals surface area (Å²) in [5.41, 5.74) is 2.19. The highest BCUT2D eigenvalue weighted by Crippen LogP contribution is 2.48. The lowest BCUT2D eigenvalue weighted by atomic mass is 9.77. The van der Waals surface area contributed by atoms with Gasteiger partial charge in [0.25, 0.3) is 5.91 Å². The van der Waals surface area contributed by atoms with Gasteiger partial charge in [0.2, 0.25) is 11.5 Å². The van der Waals surface area contributed by atoms with Crippen LogP contribution in [0.2, 0.25) is 0 Å². The molecule has 1 aliphatic carbocycles. The highest BCUT2D eigenvalue weighted by atomic mass is 32.2. The van der Waals surface area contributed by atoms with E-state index in [0.717, 1.165) is 62.3 Å². The number of halogens is 3. The monoisotopic (exact) mass is 683 g/mol. The van der Waals surface area contributed by atoms with Crippen LogP contribution in [0, 0.1) is 17.8 Å². The Kier molecular flexibility index (Phi) is 9.20. The Morgan fingerprint density at radius 1 is 1.19 bits per heavy atom. The number of nitrogens with zero attached hydrogens (tertiary/aromatic N) is 4. The molecule has 7 rings (SSSR count). The molecule has 5 atom stereocenters. The van der Waals surface area contributed by atoms with Crippen LogP contribution >= 0.6 is 11.8 Å². The summed E-state index contributed by atoms with van der Waals surface area (Å²) in [6.45, 7) is 5.19. The summed E-state index contributed by atoms with van der Waals surface area (Å²) in [6.07, 6.45) is 4.79. The zero-order chi connectivity index (χ0) is 33.6. The molecular formula is C35H40F3N5O4S. The highest BCUT2D eigenvalue weighted by Gasteiger charge is 2.53. The summed E-state index contributed by atoms with van der Waals surface area (Å²) in [6, 6.07) is 6.75. The zero-order valence-corrected chi connectivity index (χ0v) is 27.6. The molecule has 0 radical (unpaired) electrons. The van der Waals surface area contributed by atoms with Gasteiger partial charge in [-0.05, 0) is 61.4 Å². The molecule has 1 aromatic heterocycles. The topological polar surface area (TPSA) is 99.9 Å². The van der Waals surface area contributed by atoms with E-state index in [0.29, 0.717) is 23.6 Å². The van der Waals surface area contributed by atoms with E-state index in [-0.39, 0.29) is 19.1 Å². The fourth-order valence-electron chi connectivity index (χ4n) is 7.73. The Balaban J connectivity index is 1.14. The van der Waals surface area contributed by atoms with Crippen LogP contribution < -0.4 is 5.32 Å². The van der Waals surface area contributed by atoms with E-state index in [4.69, 9.17) is 4.74 Å². The zero-order valence-electron chi connectivity index (χ0n) is 26.7. The number of hydrogen-bond donors (Lipinski definition) is 2. The third-order valence-corrected chi connectivity index (χ3v) is 11.2. The number of piperidine rings is 1. The van der Waals surface area contributed by atoms with Crippen molar-refractivity contribution in [3.8, 4) is 0 Å². The fourth-order valence-corrected chi connectivity index (χ4v) is 8.32. The lowest BCUT2D eigenvalue weighted by molar-refractivity contribution is -0.140. The summed E-state index contributed by atoms with van der Waals surface area (Å²) < 4.78 is 51.5. The molecule has 9 nitrogen and oxygen atoms in total. The Bertz CT molecular complexity index is 1620. The number of alkyl halides is 3. The number of carbonyl (C=O) groups is 2. The van der Waals surface area contributed by atoms with Crippen molar-refractivity contribution in [2.45, 2.75) is 69.4 Å². The number of imidazole rings is 1. The number of fused-ring (bicyclic) bond motifs is 2. The number of aryl methyl sites for hydroxylation is 1. The number of aliphatic hydroxyl groups excluding tert-OH is 1. The number of likely N-dealkylation sites (tertiary alicyclic amines) is 2. The van der Waals surface area contributed by atoms with Crippen molar-refractivity contribution in [1.29, 1.82) is 0 Å². The van der Waals surface area contributed by atoms with Gasteiger partial charge in [0.1, 0.15) is 0 Å². The number of amides is 2. The summed E-state index contributed by atoms with van der Waals surface area (Å²) in [5.74, 6) is -3.29. The van der Waals surface area contributed by atoms with Crippen molar-refractivity contribution in [3.63, 3.8) is 0 Å². The van der Waals surface area contributed by atoms with Crippen molar-refractivity contribution in [1.82, 2.24) is 24.7 Å². The molecule has 5 unspecified atom stereocenters. The maximum atomic E-state index is 14.7. The van der Waals surface area contributed by atoms with Gasteiger partial charge in [-0.1, -0.05) is 55.1 Å². The lowest BCUT2D eigenvalue weighted by Crippen LogP contribution is -2.45. The van der Waals surface area contributed by atoms with Gasteiger partial charge in [-0.15, -0.1) is 0 Å². The van der Waals surface area contributed by atoms with E-state index < -0.39 is 47.0 Å². The quantitative estimate of drug-likeness (QED) is 0.383. The van der Waals surface area contributed by atoms with Crippen molar-refractivity contribution in [3.05, 3.63) is 88.1 Å². The molecule has 4 aliphatic heterocycles. The lowest BCUT2D eigenvalue weighted by Gasteiger charge is -2.31. The molecule has 0 spiro atoms. The molecule has 2 aromatic rings. The molecule has 2 saturated heterocycles. The second kappa shape index (κ2) is 13.4. The molecule has 5 aliphatic rings. The van der Waals surface area contributed by atoms with Crippen molar-refractivity contribution < 1.29 is 32.6 Å². The van der Waals surface area contributed by atoms with Crippen LogP contribution in [0.4, 0.5) is 13.2 Å². The summed E-state index contributed by atoms with van der Waals surface area (Å²) in [5, 5.41) is 13.9. The molecule has 48 heavy (non-hydrogen) atoms. The molecule has 1 aromatic carbocycles. The number of aliphatic hydroxyl groups is 1. The van der Waals surface area contributed by atoms with Crippen LogP contribution in [0.1, 0.15) is 60.7 Å². The van der Waals surface area contributed by atoms with E-state index in [1.807, 2.05) is 35.8 Å². The van der Waals surface area contributed by atoms with Crippen molar-refractivity contribution >= 4 is 23.6 Å². The number of aromatic nitrogens is 2. The van der Waals surface area contributed by atoms with E-state index >= 15 is 0 Å². The Hall–Kier alpha value is -3.55. The van der Waals surface area contributed by atoms with Gasteiger partial charge in [0.15, 0.2) is 6.04 Å². The van der Waals surface area contributed by atoms with Gasteiger partial charge in [-0.25, -0.2) is 4.98 Å². The number of benzene rings is 1. The van der Waals surface area contributed by atoms with Crippen LogP contribution in [0.15, 0.2) is 65.6 Å². The first-order valence-electron chi connectivity index (χ1n) is 16.6. The van der Waals surface area contributed by atoms with E-state index in [1.54, 1.807) is 17.8 Å². The second-order valence-electron chi connectivity index (χ2n) is 13.4. The molecule has 2 fully saturated rings. The minimum absolute atomic E-state index is 0.223. The van der Waals surface area contributed by atoms with E-state index in [1.165, 1.54) is 29.0 Å². The number of carbonyl (C=O) groups excluding carboxylic acids is 2. The van der Waals surface area contributed by atoms with Crippen LogP contribution in [0.3, 0.4) is 0 Å². The molecule has 5 heterocycles. The average molecular weight is 684 g/mol. The average Bonchev–Trinajstić information content (AvgIpc) is 3.89. The number of nitrogens with one attached hydrogen (secondary N) is 1. The van der Waals surface area contributed by atoms with Gasteiger partial charge in [-0.3, -0.25) is 14.5 Å². The van der Waals surface area contributed by atoms with Gasteiger partial charge in [-0.2, -0.15) is 13.2 Å². The van der Waals surface area contributed by atoms with E-state index in [2.05, 4.69) is 15.2 Å². The standard InChI is InChI=1S/C35H40F3N5O4S/c1-21(24-6-4-22(5-7-24)17-41-11-8-23(19-44)9-12-41)25-15-26-27(28(16-25)35(36,37)38)18-43(33(26)46)31(32(45)40-34-47-13-14-48-34)30-29-3-2-10-42(29)20-39-30/h4-7,13-16,20-21,23,26-27,31,34,44H,2-3,8-12,17-19H2,1H3,(H,40,45). The minimum Gasteiger partial charge on any atom is -0.468 e. The maximum Gasteiger partial charge on any atom is 0.413 e. The van der Waals surface area contributed by atoms with Crippen molar-refractivity contribution in [2.24, 2.45) is 17.8 Å². The molecule has 256 valence electrons. The fraction of sp³-hybridized carbons (Fsp3) is 0.514. The van der Waals surface area contributed by atoms with Crippen LogP contribution in [-0.4, -0.2) is 74.2 Å². The number of thioether (sulfide) groups is 1. The second-order valence-corrected chi connectivity index (χ2v) is 14.4. The van der Waals surface area contributed by atoms with Crippen LogP contribution in [-0.2, 0) is 33.8 Å². The van der Waals surface area contributed by atoms with Gasteiger partial charge < -0.3 is 24.6 Å². The third kappa shape index (κ3) is 6.44. The molecule has 2 N–H and O–H groups in total. The predicted molar refractivity (Wildman–Crippen MR) is 174 cm³/mol. The first-order chi connectivity index (χ1) is 23.1. The Labute approximate surface area is 281 Å². The van der Waals surface area contributed by atoms with Gasteiger partial charge in [0, 0.05) is 54.8 Å². The van der Waals surface area contributed by atoms with Crippen LogP contribution in [0.5, 0.6) is 0 Å². The molecule has 0 saturated carbocycles. The third-order valence-electron chi connectivity index (χ3n) is 10.5. The van der Waals surface area contributed by atoms with Crippen molar-refractivity contribution in [2.75, 3.05) is 26.2 Å². The summed E-state index contributed by atoms with van der Waals surface area (Å²) in [7, 11) is 0. The number of rotatable bonds is 9. The number of allylic oxidation sites excluding steroid dienone is 2. The van der Waals surface area contributed by atoms with Gasteiger partial charge >= 0.3 is 6.18 Å².